The Kier molecular flexibility index (Phi) is 5.42. The van der Waals surface area contributed by atoms with Crippen LogP contribution in [0.4, 0.5) is 0 Å². The van der Waals surface area contributed by atoms with Gasteiger partial charge in [-0.1, -0.05) is 39.9 Å². The minimum atomic E-state index is -1.09. The van der Waals surface area contributed by atoms with Crippen LogP contribution in [-0.4, -0.2) is 27.9 Å². The number of amides is 1. The van der Waals surface area contributed by atoms with Gasteiger partial charge in [0.15, 0.2) is 6.61 Å². The number of rotatable bonds is 4. The lowest BCUT2D eigenvalue weighted by Crippen LogP contribution is -2.17. The van der Waals surface area contributed by atoms with Crippen molar-refractivity contribution in [1.82, 2.24) is 5.32 Å². The molecule has 0 unspecified atom stereocenters. The number of hydrogen-bond donors (Lipinski definition) is 2. The summed E-state index contributed by atoms with van der Waals surface area (Å²) in [7, 11) is 0. The van der Waals surface area contributed by atoms with Gasteiger partial charge in [0, 0.05) is 10.0 Å². The van der Waals surface area contributed by atoms with Crippen LogP contribution in [0.15, 0.2) is 26.0 Å². The van der Waals surface area contributed by atoms with Gasteiger partial charge >= 0.3 is 5.97 Å². The lowest BCUT2D eigenvalue weighted by molar-refractivity contribution is -0.139. The van der Waals surface area contributed by atoms with E-state index in [4.69, 9.17) is 22.1 Å². The molecule has 0 spiro atoms. The second-order valence-electron chi connectivity index (χ2n) is 3.84. The summed E-state index contributed by atoms with van der Waals surface area (Å²) in [6.45, 7) is -0.478. The molecule has 1 aliphatic heterocycles. The van der Waals surface area contributed by atoms with Crippen molar-refractivity contribution in [3.63, 3.8) is 0 Å². The van der Waals surface area contributed by atoms with Gasteiger partial charge < -0.3 is 15.2 Å². The van der Waals surface area contributed by atoms with Crippen LogP contribution in [0, 0.1) is 0 Å². The number of benzene rings is 1. The van der Waals surface area contributed by atoms with Gasteiger partial charge in [-0.25, -0.2) is 4.79 Å². The smallest absolute Gasteiger partial charge is 0.341 e. The van der Waals surface area contributed by atoms with Crippen molar-refractivity contribution in [2.24, 2.45) is 0 Å². The Balaban J connectivity index is 2.41. The lowest BCUT2D eigenvalue weighted by Gasteiger charge is -2.10. The van der Waals surface area contributed by atoms with Crippen LogP contribution >= 0.6 is 55.8 Å². The van der Waals surface area contributed by atoms with Crippen LogP contribution in [-0.2, 0) is 9.59 Å². The number of hydrogen-bond acceptors (Lipinski definition) is 5. The number of carboxylic acid groups (broad SMARTS) is 1. The SMILES string of the molecule is O=C(O)COc1c(Br)cc(Br)cc1/C=C1/SC(=S)NC1=O. The summed E-state index contributed by atoms with van der Waals surface area (Å²) in [5.74, 6) is -1.03. The molecule has 0 saturated carbocycles. The number of carbonyl (C=O) groups is 2. The highest BCUT2D eigenvalue weighted by Crippen LogP contribution is 2.36. The fraction of sp³-hybridized carbons (Fsp3) is 0.0833. The number of aliphatic carboxylic acids is 1. The van der Waals surface area contributed by atoms with Crippen molar-refractivity contribution in [1.29, 1.82) is 0 Å². The van der Waals surface area contributed by atoms with Crippen molar-refractivity contribution < 1.29 is 19.4 Å². The average Bonchev–Trinajstić information content (AvgIpc) is 2.66. The Morgan fingerprint density at radius 1 is 1.48 bits per heavy atom. The first-order valence-corrected chi connectivity index (χ1v) is 8.26. The molecule has 1 saturated heterocycles. The molecule has 0 aromatic heterocycles. The third-order valence-electron chi connectivity index (χ3n) is 2.31. The largest absolute Gasteiger partial charge is 0.480 e. The van der Waals surface area contributed by atoms with Crippen LogP contribution in [0.1, 0.15) is 5.56 Å². The Morgan fingerprint density at radius 3 is 2.76 bits per heavy atom. The fourth-order valence-electron chi connectivity index (χ4n) is 1.54. The van der Waals surface area contributed by atoms with Gasteiger partial charge in [-0.05, 0) is 34.1 Å². The lowest BCUT2D eigenvalue weighted by atomic mass is 10.2. The molecule has 2 N–H and O–H groups in total. The predicted octanol–water partition coefficient (Wildman–Crippen LogP) is 3.16. The van der Waals surface area contributed by atoms with Gasteiger partial charge in [0.1, 0.15) is 10.1 Å². The van der Waals surface area contributed by atoms with Crippen LogP contribution in [0.5, 0.6) is 5.75 Å². The van der Waals surface area contributed by atoms with E-state index in [9.17, 15) is 9.59 Å². The van der Waals surface area contributed by atoms with E-state index in [-0.39, 0.29) is 5.91 Å². The van der Waals surface area contributed by atoms with E-state index in [1.54, 1.807) is 18.2 Å². The van der Waals surface area contributed by atoms with E-state index in [2.05, 4.69) is 37.2 Å². The van der Waals surface area contributed by atoms with Crippen LogP contribution < -0.4 is 10.1 Å². The molecule has 9 heteroatoms. The highest BCUT2D eigenvalue weighted by Gasteiger charge is 2.23. The summed E-state index contributed by atoms with van der Waals surface area (Å²) >= 11 is 12.7. The van der Waals surface area contributed by atoms with E-state index < -0.39 is 12.6 Å². The first-order chi connectivity index (χ1) is 9.86. The summed E-state index contributed by atoms with van der Waals surface area (Å²) in [6, 6.07) is 3.45. The zero-order valence-electron chi connectivity index (χ0n) is 10.2. The van der Waals surface area contributed by atoms with Crippen LogP contribution in [0.3, 0.4) is 0 Å². The molecule has 5 nitrogen and oxygen atoms in total. The van der Waals surface area contributed by atoms with Gasteiger partial charge in [0.2, 0.25) is 0 Å². The van der Waals surface area contributed by atoms with E-state index in [0.29, 0.717) is 25.0 Å². The van der Waals surface area contributed by atoms with Crippen LogP contribution in [0.2, 0.25) is 0 Å². The quantitative estimate of drug-likeness (QED) is 0.539. The molecule has 1 aromatic rings. The third kappa shape index (κ3) is 4.29. The van der Waals surface area contributed by atoms with E-state index >= 15 is 0 Å². The number of carbonyl (C=O) groups excluding carboxylic acids is 1. The zero-order chi connectivity index (χ0) is 15.6. The van der Waals surface area contributed by atoms with E-state index in [1.807, 2.05) is 0 Å². The second kappa shape index (κ2) is 6.91. The molecule has 21 heavy (non-hydrogen) atoms. The summed E-state index contributed by atoms with van der Waals surface area (Å²) in [4.78, 5) is 22.8. The molecule has 0 atom stereocenters. The van der Waals surface area contributed by atoms with Gasteiger partial charge in [-0.15, -0.1) is 0 Å². The zero-order valence-corrected chi connectivity index (χ0v) is 15.0. The van der Waals surface area contributed by atoms with Crippen molar-refractivity contribution in [3.05, 3.63) is 31.5 Å². The van der Waals surface area contributed by atoms with E-state index in [1.165, 1.54) is 0 Å². The van der Waals surface area contributed by atoms with Gasteiger partial charge in [0.25, 0.3) is 5.91 Å². The summed E-state index contributed by atoms with van der Waals surface area (Å²) in [5, 5.41) is 11.2. The highest BCUT2D eigenvalue weighted by molar-refractivity contribution is 9.11. The second-order valence-corrected chi connectivity index (χ2v) is 7.33. The molecular formula is C12H7Br2NO4S2. The molecular weight excluding hydrogens is 446 g/mol. The minimum absolute atomic E-state index is 0.287. The maximum atomic E-state index is 11.7. The summed E-state index contributed by atoms with van der Waals surface area (Å²) < 4.78 is 6.99. The molecule has 110 valence electrons. The van der Waals surface area contributed by atoms with Gasteiger partial charge in [-0.2, -0.15) is 0 Å². The monoisotopic (exact) mass is 451 g/mol. The Bertz CT molecular complexity index is 675. The summed E-state index contributed by atoms with van der Waals surface area (Å²) in [5.41, 5.74) is 0.569. The Hall–Kier alpha value is -0.900. The molecule has 1 aliphatic rings. The van der Waals surface area contributed by atoms with Crippen molar-refractivity contribution in [2.75, 3.05) is 6.61 Å². The fourth-order valence-corrected chi connectivity index (χ4v) is 3.94. The highest BCUT2D eigenvalue weighted by atomic mass is 79.9. The maximum absolute atomic E-state index is 11.7. The molecule has 0 aliphatic carbocycles. The van der Waals surface area contributed by atoms with Crippen molar-refractivity contribution in [2.45, 2.75) is 0 Å². The first kappa shape index (κ1) is 16.5. The molecule has 0 bridgehead atoms. The van der Waals surface area contributed by atoms with E-state index in [0.717, 1.165) is 16.2 Å². The Morgan fingerprint density at radius 2 is 2.19 bits per heavy atom. The number of thiocarbonyl (C=S) groups is 1. The van der Waals surface area contributed by atoms with Crippen molar-refractivity contribution in [3.8, 4) is 5.75 Å². The molecule has 2 rings (SSSR count). The predicted molar refractivity (Wildman–Crippen MR) is 91.3 cm³/mol. The van der Waals surface area contributed by atoms with Gasteiger partial charge in [0.05, 0.1) is 9.38 Å². The molecule has 1 aromatic carbocycles. The minimum Gasteiger partial charge on any atom is -0.480 e. The maximum Gasteiger partial charge on any atom is 0.341 e. The van der Waals surface area contributed by atoms with Crippen molar-refractivity contribution >= 4 is 78.1 Å². The average molecular weight is 453 g/mol. The summed E-state index contributed by atoms with van der Waals surface area (Å²) in [6.07, 6.45) is 1.60. The number of ether oxygens (including phenoxy) is 1. The number of halogens is 2. The van der Waals surface area contributed by atoms with Crippen LogP contribution in [0.25, 0.3) is 6.08 Å². The first-order valence-electron chi connectivity index (χ1n) is 5.45. The third-order valence-corrected chi connectivity index (χ3v) is 4.52. The normalized spacial score (nSPS) is 16.2. The van der Waals surface area contributed by atoms with Gasteiger partial charge in [-0.3, -0.25) is 4.79 Å². The molecule has 0 radical (unpaired) electrons. The number of carboxylic acids is 1. The molecule has 1 amide bonds. The number of thioether (sulfide) groups is 1. The molecule has 1 fully saturated rings. The number of nitrogens with one attached hydrogen (secondary N) is 1. The standard InChI is InChI=1S/C12H7Br2NO4S2/c13-6-1-5(2-8-11(18)15-12(20)21-8)10(7(14)3-6)19-4-9(16)17/h1-3H,4H2,(H,16,17)(H,15,18,20)/b8-2+. The molecule has 1 heterocycles. The Labute approximate surface area is 146 Å². The topological polar surface area (TPSA) is 75.6 Å².